The predicted octanol–water partition coefficient (Wildman–Crippen LogP) is 1.13. The fourth-order valence-electron chi connectivity index (χ4n) is 1.96. The van der Waals surface area contributed by atoms with E-state index in [1.54, 1.807) is 0 Å². The minimum atomic E-state index is -3.20. The average molecular weight is 328 g/mol. The highest BCUT2D eigenvalue weighted by Crippen LogP contribution is 2.22. The largest absolute Gasteiger partial charge is 0.493 e. The Morgan fingerprint density at radius 3 is 2.41 bits per heavy atom. The summed E-state index contributed by atoms with van der Waals surface area (Å²) in [4.78, 5) is 11.6. The first-order valence-electron chi connectivity index (χ1n) is 7.20. The van der Waals surface area contributed by atoms with Crippen molar-refractivity contribution in [1.82, 2.24) is 10.0 Å². The monoisotopic (exact) mass is 328 g/mol. The van der Waals surface area contributed by atoms with Gasteiger partial charge in [-0.05, 0) is 31.4 Å². The van der Waals surface area contributed by atoms with E-state index in [1.165, 1.54) is 0 Å². The van der Waals surface area contributed by atoms with Crippen LogP contribution in [0.1, 0.15) is 24.0 Å². The molecule has 1 aromatic rings. The maximum absolute atomic E-state index is 11.6. The topological polar surface area (TPSA) is 84.5 Å². The average Bonchev–Trinajstić information content (AvgIpc) is 2.41. The van der Waals surface area contributed by atoms with Gasteiger partial charge in [0.05, 0.1) is 12.9 Å². The molecule has 1 aromatic carbocycles. The first-order valence-corrected chi connectivity index (χ1v) is 9.09. The molecule has 1 amide bonds. The van der Waals surface area contributed by atoms with E-state index in [0.29, 0.717) is 19.4 Å². The number of benzene rings is 1. The number of sulfonamides is 1. The Labute approximate surface area is 132 Å². The Balaban J connectivity index is 2.18. The molecular formula is C15H24N2O4S. The van der Waals surface area contributed by atoms with E-state index in [0.717, 1.165) is 23.1 Å². The molecule has 0 bridgehead atoms. The second kappa shape index (κ2) is 8.75. The molecule has 0 radical (unpaired) electrons. The van der Waals surface area contributed by atoms with E-state index < -0.39 is 10.0 Å². The summed E-state index contributed by atoms with van der Waals surface area (Å²) in [5, 5.41) is 2.66. The van der Waals surface area contributed by atoms with E-state index in [2.05, 4.69) is 10.0 Å². The molecular weight excluding hydrogens is 304 g/mol. The van der Waals surface area contributed by atoms with Gasteiger partial charge in [0.2, 0.25) is 15.9 Å². The Morgan fingerprint density at radius 1 is 1.18 bits per heavy atom. The first kappa shape index (κ1) is 18.4. The van der Waals surface area contributed by atoms with Crippen LogP contribution in [0.25, 0.3) is 0 Å². The van der Waals surface area contributed by atoms with Crippen molar-refractivity contribution < 1.29 is 17.9 Å². The molecule has 22 heavy (non-hydrogen) atoms. The number of amides is 1. The highest BCUT2D eigenvalue weighted by atomic mass is 32.2. The lowest BCUT2D eigenvalue weighted by Crippen LogP contribution is -2.34. The number of para-hydroxylation sites is 1. The van der Waals surface area contributed by atoms with Crippen LogP contribution in [-0.2, 0) is 14.8 Å². The zero-order valence-electron chi connectivity index (χ0n) is 13.3. The van der Waals surface area contributed by atoms with Gasteiger partial charge in [-0.15, -0.1) is 0 Å². The van der Waals surface area contributed by atoms with Crippen LogP contribution in [0.4, 0.5) is 0 Å². The maximum atomic E-state index is 11.6. The van der Waals surface area contributed by atoms with Crippen LogP contribution in [0.5, 0.6) is 5.75 Å². The molecule has 2 N–H and O–H groups in total. The zero-order chi connectivity index (χ0) is 16.6. The van der Waals surface area contributed by atoms with Gasteiger partial charge in [-0.1, -0.05) is 18.2 Å². The molecule has 1 rings (SSSR count). The predicted molar refractivity (Wildman–Crippen MR) is 86.5 cm³/mol. The maximum Gasteiger partial charge on any atom is 0.220 e. The van der Waals surface area contributed by atoms with Crippen molar-refractivity contribution in [1.29, 1.82) is 0 Å². The third-order valence-corrected chi connectivity index (χ3v) is 3.74. The molecule has 124 valence electrons. The van der Waals surface area contributed by atoms with E-state index in [9.17, 15) is 13.2 Å². The summed E-state index contributed by atoms with van der Waals surface area (Å²) >= 11 is 0. The van der Waals surface area contributed by atoms with Gasteiger partial charge in [-0.25, -0.2) is 13.1 Å². The fraction of sp³-hybridized carbons (Fsp3) is 0.533. The lowest BCUT2D eigenvalue weighted by Gasteiger charge is -2.11. The highest BCUT2D eigenvalue weighted by Gasteiger charge is 2.05. The normalized spacial score (nSPS) is 11.2. The van der Waals surface area contributed by atoms with Crippen molar-refractivity contribution in [2.75, 3.05) is 26.0 Å². The van der Waals surface area contributed by atoms with Crippen molar-refractivity contribution in [2.45, 2.75) is 26.7 Å². The Bertz CT molecular complexity index is 579. The second-order valence-corrected chi connectivity index (χ2v) is 7.02. The molecule has 0 saturated carbocycles. The van der Waals surface area contributed by atoms with Crippen molar-refractivity contribution in [3.8, 4) is 5.75 Å². The van der Waals surface area contributed by atoms with Crippen LogP contribution < -0.4 is 14.8 Å². The summed E-state index contributed by atoms with van der Waals surface area (Å²) in [6.07, 6.45) is 2.04. The molecule has 7 heteroatoms. The van der Waals surface area contributed by atoms with Gasteiger partial charge >= 0.3 is 0 Å². The molecule has 0 unspecified atom stereocenters. The van der Waals surface area contributed by atoms with Crippen molar-refractivity contribution in [3.05, 3.63) is 29.3 Å². The number of hydrogen-bond donors (Lipinski definition) is 2. The van der Waals surface area contributed by atoms with E-state index >= 15 is 0 Å². The molecule has 0 aromatic heterocycles. The number of rotatable bonds is 9. The molecule has 0 atom stereocenters. The van der Waals surface area contributed by atoms with E-state index in [4.69, 9.17) is 4.74 Å². The van der Waals surface area contributed by atoms with Crippen LogP contribution in [0.2, 0.25) is 0 Å². The number of carbonyl (C=O) groups excluding carboxylic acids is 1. The number of nitrogens with one attached hydrogen (secondary N) is 2. The summed E-state index contributed by atoms with van der Waals surface area (Å²) in [6.45, 7) is 4.93. The van der Waals surface area contributed by atoms with Crippen LogP contribution in [0, 0.1) is 13.8 Å². The number of aryl methyl sites for hydroxylation is 2. The van der Waals surface area contributed by atoms with Gasteiger partial charge < -0.3 is 10.1 Å². The number of ether oxygens (including phenoxy) is 1. The molecule has 0 aliphatic rings. The highest BCUT2D eigenvalue weighted by molar-refractivity contribution is 7.88. The summed E-state index contributed by atoms with van der Waals surface area (Å²) in [5.41, 5.74) is 2.16. The number of hydrogen-bond acceptors (Lipinski definition) is 4. The lowest BCUT2D eigenvalue weighted by molar-refractivity contribution is -0.121. The molecule has 0 saturated heterocycles. The van der Waals surface area contributed by atoms with Gasteiger partial charge in [-0.2, -0.15) is 0 Å². The van der Waals surface area contributed by atoms with Crippen molar-refractivity contribution >= 4 is 15.9 Å². The molecule has 6 nitrogen and oxygen atoms in total. The van der Waals surface area contributed by atoms with E-state index in [-0.39, 0.29) is 19.0 Å². The standard InChI is InChI=1S/C15H24N2O4S/c1-12-6-4-7-13(2)15(12)21-11-5-8-14(18)16-9-10-17-22(3,19)20/h4,6-7,17H,5,8-11H2,1-3H3,(H,16,18). The minimum absolute atomic E-state index is 0.111. The molecule has 0 fully saturated rings. The first-order chi connectivity index (χ1) is 10.3. The van der Waals surface area contributed by atoms with Crippen LogP contribution in [0.3, 0.4) is 0 Å². The molecule has 0 aliphatic carbocycles. The van der Waals surface area contributed by atoms with Gasteiger partial charge in [-0.3, -0.25) is 4.79 Å². The molecule has 0 spiro atoms. The van der Waals surface area contributed by atoms with Crippen LogP contribution >= 0.6 is 0 Å². The lowest BCUT2D eigenvalue weighted by atomic mass is 10.1. The SMILES string of the molecule is Cc1cccc(C)c1OCCCC(=O)NCCNS(C)(=O)=O. The number of carbonyl (C=O) groups is 1. The smallest absolute Gasteiger partial charge is 0.220 e. The Hall–Kier alpha value is -1.60. The van der Waals surface area contributed by atoms with Crippen LogP contribution in [-0.4, -0.2) is 40.3 Å². The Morgan fingerprint density at radius 2 is 1.82 bits per heavy atom. The summed E-state index contributed by atoms with van der Waals surface area (Å²) < 4.78 is 29.7. The fourth-order valence-corrected chi connectivity index (χ4v) is 2.43. The summed E-state index contributed by atoms with van der Waals surface area (Å²) in [6, 6.07) is 5.96. The second-order valence-electron chi connectivity index (χ2n) is 5.19. The van der Waals surface area contributed by atoms with Gasteiger partial charge in [0.25, 0.3) is 0 Å². The quantitative estimate of drug-likeness (QED) is 0.666. The molecule has 0 heterocycles. The van der Waals surface area contributed by atoms with Gasteiger partial charge in [0, 0.05) is 19.5 Å². The Kier molecular flexibility index (Phi) is 7.34. The molecule has 0 aliphatic heterocycles. The van der Waals surface area contributed by atoms with Crippen LogP contribution in [0.15, 0.2) is 18.2 Å². The third-order valence-electron chi connectivity index (χ3n) is 3.01. The minimum Gasteiger partial charge on any atom is -0.493 e. The summed E-state index contributed by atoms with van der Waals surface area (Å²) in [7, 11) is -3.20. The summed E-state index contributed by atoms with van der Waals surface area (Å²) in [5.74, 6) is 0.765. The van der Waals surface area contributed by atoms with Crippen molar-refractivity contribution in [2.24, 2.45) is 0 Å². The van der Waals surface area contributed by atoms with Gasteiger partial charge in [0.1, 0.15) is 5.75 Å². The van der Waals surface area contributed by atoms with Crippen molar-refractivity contribution in [3.63, 3.8) is 0 Å². The third kappa shape index (κ3) is 7.42. The van der Waals surface area contributed by atoms with Gasteiger partial charge in [0.15, 0.2) is 0 Å². The van der Waals surface area contributed by atoms with E-state index in [1.807, 2.05) is 32.0 Å². The zero-order valence-corrected chi connectivity index (χ0v) is 14.1.